The molecule has 1 aliphatic rings. The number of rotatable bonds is 3. The molecular formula is C17H19F3O2. The van der Waals surface area contributed by atoms with Crippen LogP contribution in [0.5, 0.6) is 0 Å². The Labute approximate surface area is 128 Å². The Kier molecular flexibility index (Phi) is 4.36. The molecule has 1 unspecified atom stereocenters. The summed E-state index contributed by atoms with van der Waals surface area (Å²) in [4.78, 5) is 11.9. The van der Waals surface area contributed by atoms with E-state index in [1.54, 1.807) is 6.92 Å². The van der Waals surface area contributed by atoms with Crippen molar-refractivity contribution >= 4 is 5.97 Å². The van der Waals surface area contributed by atoms with Crippen molar-refractivity contribution in [2.45, 2.75) is 51.3 Å². The summed E-state index contributed by atoms with van der Waals surface area (Å²) in [7, 11) is 0. The molecule has 2 rings (SSSR count). The summed E-state index contributed by atoms with van der Waals surface area (Å²) in [5.41, 5.74) is 0.0610. The smallest absolute Gasteiger partial charge is 0.416 e. The number of halogens is 3. The highest BCUT2D eigenvalue weighted by molar-refractivity contribution is 5.87. The van der Waals surface area contributed by atoms with Crippen LogP contribution in [-0.2, 0) is 27.7 Å². The SMILES string of the molecule is C=C(C)C(=O)OC1(CC)CCCc2cc(C(F)(F)F)ccc21. The molecule has 0 saturated heterocycles. The van der Waals surface area contributed by atoms with Gasteiger partial charge in [0.25, 0.3) is 0 Å². The number of esters is 1. The van der Waals surface area contributed by atoms with Gasteiger partial charge in [0.05, 0.1) is 5.56 Å². The maximum absolute atomic E-state index is 12.9. The lowest BCUT2D eigenvalue weighted by atomic mass is 9.76. The van der Waals surface area contributed by atoms with E-state index in [4.69, 9.17) is 4.74 Å². The van der Waals surface area contributed by atoms with Crippen molar-refractivity contribution in [3.8, 4) is 0 Å². The monoisotopic (exact) mass is 312 g/mol. The van der Waals surface area contributed by atoms with Gasteiger partial charge in [-0.05, 0) is 55.9 Å². The van der Waals surface area contributed by atoms with Crippen molar-refractivity contribution in [1.82, 2.24) is 0 Å². The number of fused-ring (bicyclic) bond motifs is 1. The van der Waals surface area contributed by atoms with E-state index in [1.807, 2.05) is 6.92 Å². The number of hydrogen-bond donors (Lipinski definition) is 0. The molecule has 1 aliphatic carbocycles. The van der Waals surface area contributed by atoms with Crippen molar-refractivity contribution in [1.29, 1.82) is 0 Å². The lowest BCUT2D eigenvalue weighted by Gasteiger charge is -2.38. The molecule has 0 radical (unpaired) electrons. The molecule has 1 atom stereocenters. The molecule has 0 fully saturated rings. The van der Waals surface area contributed by atoms with Gasteiger partial charge in [0.1, 0.15) is 5.60 Å². The van der Waals surface area contributed by atoms with Crippen LogP contribution in [0.2, 0.25) is 0 Å². The molecule has 120 valence electrons. The van der Waals surface area contributed by atoms with E-state index in [9.17, 15) is 18.0 Å². The normalized spacial score (nSPS) is 21.1. The van der Waals surface area contributed by atoms with Gasteiger partial charge in [0.2, 0.25) is 0 Å². The van der Waals surface area contributed by atoms with Crippen molar-refractivity contribution in [3.05, 3.63) is 47.0 Å². The van der Waals surface area contributed by atoms with E-state index in [0.717, 1.165) is 6.07 Å². The minimum Gasteiger partial charge on any atom is -0.451 e. The second kappa shape index (κ2) is 5.78. The van der Waals surface area contributed by atoms with Gasteiger partial charge in [-0.25, -0.2) is 4.79 Å². The minimum absolute atomic E-state index is 0.284. The van der Waals surface area contributed by atoms with E-state index < -0.39 is 23.3 Å². The summed E-state index contributed by atoms with van der Waals surface area (Å²) in [6.07, 6.45) is -1.99. The zero-order chi connectivity index (χ0) is 16.5. The molecule has 0 N–H and O–H groups in total. The number of alkyl halides is 3. The summed E-state index contributed by atoms with van der Waals surface area (Å²) < 4.78 is 44.2. The van der Waals surface area contributed by atoms with Gasteiger partial charge in [0, 0.05) is 5.57 Å². The van der Waals surface area contributed by atoms with Gasteiger partial charge >= 0.3 is 12.1 Å². The Hall–Kier alpha value is -1.78. The van der Waals surface area contributed by atoms with Gasteiger partial charge in [-0.3, -0.25) is 0 Å². The van der Waals surface area contributed by atoms with E-state index in [0.29, 0.717) is 36.8 Å². The third kappa shape index (κ3) is 3.03. The fourth-order valence-corrected chi connectivity index (χ4v) is 2.93. The second-order valence-corrected chi connectivity index (χ2v) is 5.74. The van der Waals surface area contributed by atoms with Crippen molar-refractivity contribution < 1.29 is 22.7 Å². The summed E-state index contributed by atoms with van der Waals surface area (Å²) in [6, 6.07) is 3.68. The predicted molar refractivity (Wildman–Crippen MR) is 77.3 cm³/mol. The summed E-state index contributed by atoms with van der Waals surface area (Å²) in [5, 5.41) is 0. The zero-order valence-electron chi connectivity index (χ0n) is 12.7. The summed E-state index contributed by atoms with van der Waals surface area (Å²) in [6.45, 7) is 7.00. The Bertz CT molecular complexity index is 604. The zero-order valence-corrected chi connectivity index (χ0v) is 12.7. The molecule has 1 aromatic carbocycles. The lowest BCUT2D eigenvalue weighted by Crippen LogP contribution is -2.36. The van der Waals surface area contributed by atoms with Gasteiger partial charge in [0.15, 0.2) is 0 Å². The Morgan fingerprint density at radius 1 is 1.41 bits per heavy atom. The van der Waals surface area contributed by atoms with E-state index in [1.165, 1.54) is 12.1 Å². The first-order valence-corrected chi connectivity index (χ1v) is 7.29. The molecule has 0 bridgehead atoms. The average molecular weight is 312 g/mol. The molecule has 22 heavy (non-hydrogen) atoms. The average Bonchev–Trinajstić information content (AvgIpc) is 2.45. The molecule has 5 heteroatoms. The van der Waals surface area contributed by atoms with Crippen molar-refractivity contribution in [3.63, 3.8) is 0 Å². The molecule has 0 spiro atoms. The van der Waals surface area contributed by atoms with Gasteiger partial charge in [-0.2, -0.15) is 13.2 Å². The van der Waals surface area contributed by atoms with Gasteiger partial charge < -0.3 is 4.74 Å². The van der Waals surface area contributed by atoms with Crippen LogP contribution >= 0.6 is 0 Å². The van der Waals surface area contributed by atoms with E-state index in [-0.39, 0.29) is 5.57 Å². The maximum atomic E-state index is 12.9. The first-order valence-electron chi connectivity index (χ1n) is 7.29. The number of hydrogen-bond acceptors (Lipinski definition) is 2. The Morgan fingerprint density at radius 3 is 2.64 bits per heavy atom. The van der Waals surface area contributed by atoms with Crippen LogP contribution < -0.4 is 0 Å². The fraction of sp³-hybridized carbons (Fsp3) is 0.471. The van der Waals surface area contributed by atoms with Crippen LogP contribution in [-0.4, -0.2) is 5.97 Å². The van der Waals surface area contributed by atoms with Crippen LogP contribution in [0.4, 0.5) is 13.2 Å². The summed E-state index contributed by atoms with van der Waals surface area (Å²) >= 11 is 0. The molecule has 1 aromatic rings. The van der Waals surface area contributed by atoms with Crippen LogP contribution in [0.1, 0.15) is 49.8 Å². The molecule has 0 aromatic heterocycles. The highest BCUT2D eigenvalue weighted by atomic mass is 19.4. The number of carbonyl (C=O) groups excluding carboxylic acids is 1. The van der Waals surface area contributed by atoms with Crippen LogP contribution in [0.25, 0.3) is 0 Å². The number of ether oxygens (including phenoxy) is 1. The fourth-order valence-electron chi connectivity index (χ4n) is 2.93. The maximum Gasteiger partial charge on any atom is 0.416 e. The second-order valence-electron chi connectivity index (χ2n) is 5.74. The third-order valence-electron chi connectivity index (χ3n) is 4.16. The van der Waals surface area contributed by atoms with Crippen LogP contribution in [0, 0.1) is 0 Å². The standard InChI is InChI=1S/C17H19F3O2/c1-4-16(22-15(21)11(2)3)9-5-6-12-10-13(17(18,19)20)7-8-14(12)16/h7-8,10H,2,4-6,9H2,1,3H3. The summed E-state index contributed by atoms with van der Waals surface area (Å²) in [5.74, 6) is -0.505. The topological polar surface area (TPSA) is 26.3 Å². The first kappa shape index (κ1) is 16.6. The number of aryl methyl sites for hydroxylation is 1. The van der Waals surface area contributed by atoms with Gasteiger partial charge in [-0.1, -0.05) is 19.6 Å². The molecule has 2 nitrogen and oxygen atoms in total. The lowest BCUT2D eigenvalue weighted by molar-refractivity contribution is -0.158. The number of benzene rings is 1. The Morgan fingerprint density at radius 2 is 2.09 bits per heavy atom. The molecular weight excluding hydrogens is 293 g/mol. The molecule has 0 heterocycles. The predicted octanol–water partition coefficient (Wildman–Crippen LogP) is 4.77. The van der Waals surface area contributed by atoms with Crippen molar-refractivity contribution in [2.75, 3.05) is 0 Å². The van der Waals surface area contributed by atoms with E-state index in [2.05, 4.69) is 6.58 Å². The largest absolute Gasteiger partial charge is 0.451 e. The number of carbonyl (C=O) groups is 1. The highest BCUT2D eigenvalue weighted by Crippen LogP contribution is 2.43. The van der Waals surface area contributed by atoms with Crippen molar-refractivity contribution in [2.24, 2.45) is 0 Å². The van der Waals surface area contributed by atoms with Crippen LogP contribution in [0.3, 0.4) is 0 Å². The molecule has 0 saturated carbocycles. The quantitative estimate of drug-likeness (QED) is 0.594. The molecule has 0 aliphatic heterocycles. The third-order valence-corrected chi connectivity index (χ3v) is 4.16. The van der Waals surface area contributed by atoms with Crippen LogP contribution in [0.15, 0.2) is 30.4 Å². The first-order chi connectivity index (χ1) is 10.2. The Balaban J connectivity index is 2.46. The molecule has 0 amide bonds. The van der Waals surface area contributed by atoms with Gasteiger partial charge in [-0.15, -0.1) is 0 Å². The minimum atomic E-state index is -4.37. The van der Waals surface area contributed by atoms with E-state index >= 15 is 0 Å². The highest BCUT2D eigenvalue weighted by Gasteiger charge is 2.40.